The van der Waals surface area contributed by atoms with Crippen molar-refractivity contribution in [1.82, 2.24) is 10.6 Å². The third kappa shape index (κ3) is 2.30. The molecule has 0 atom stereocenters. The predicted octanol–water partition coefficient (Wildman–Crippen LogP) is 1.14. The number of fused-ring (bicyclic) bond motifs is 1. The smallest absolute Gasteiger partial charge is 0.305 e. The summed E-state index contributed by atoms with van der Waals surface area (Å²) in [4.78, 5) is 13.7. The first kappa shape index (κ1) is 12.1. The second kappa shape index (κ2) is 4.64. The Morgan fingerprint density at radius 3 is 2.94 bits per heavy atom. The Kier molecular flexibility index (Phi) is 3.13. The molecule has 1 fully saturated rings. The van der Waals surface area contributed by atoms with Crippen LogP contribution in [0.25, 0.3) is 0 Å². The van der Waals surface area contributed by atoms with Gasteiger partial charge in [-0.3, -0.25) is 4.79 Å². The first-order valence-electron chi connectivity index (χ1n) is 6.45. The van der Waals surface area contributed by atoms with Crippen LogP contribution in [0.15, 0.2) is 6.07 Å². The monoisotopic (exact) mass is 266 g/mol. The molecule has 1 aromatic rings. The molecule has 1 saturated heterocycles. The zero-order valence-corrected chi connectivity index (χ0v) is 11.1. The van der Waals surface area contributed by atoms with Crippen LogP contribution in [0.3, 0.4) is 0 Å². The average molecular weight is 266 g/mol. The van der Waals surface area contributed by atoms with Gasteiger partial charge < -0.3 is 15.7 Å². The molecule has 0 spiro atoms. The quantitative estimate of drug-likeness (QED) is 0.748. The van der Waals surface area contributed by atoms with Gasteiger partial charge in [0.25, 0.3) is 0 Å². The molecule has 2 aliphatic rings. The third-order valence-electron chi connectivity index (χ3n) is 3.85. The van der Waals surface area contributed by atoms with Crippen LogP contribution in [0, 0.1) is 0 Å². The minimum atomic E-state index is -0.724. The zero-order chi connectivity index (χ0) is 12.6. The van der Waals surface area contributed by atoms with Crippen LogP contribution < -0.4 is 10.6 Å². The molecule has 1 aliphatic heterocycles. The van der Waals surface area contributed by atoms with Gasteiger partial charge in [-0.05, 0) is 30.9 Å². The number of thiophene rings is 1. The second-order valence-corrected chi connectivity index (χ2v) is 6.54. The predicted molar refractivity (Wildman–Crippen MR) is 71.0 cm³/mol. The lowest BCUT2D eigenvalue weighted by Crippen LogP contribution is -2.68. The van der Waals surface area contributed by atoms with Crippen LogP contribution in [0.2, 0.25) is 0 Å². The third-order valence-corrected chi connectivity index (χ3v) is 5.09. The van der Waals surface area contributed by atoms with Gasteiger partial charge in [0, 0.05) is 29.4 Å². The number of carboxylic acids is 1. The van der Waals surface area contributed by atoms with Gasteiger partial charge >= 0.3 is 5.97 Å². The van der Waals surface area contributed by atoms with Gasteiger partial charge in [0.15, 0.2) is 0 Å². The van der Waals surface area contributed by atoms with Gasteiger partial charge in [0.05, 0.1) is 12.0 Å². The van der Waals surface area contributed by atoms with Crippen LogP contribution in [0.5, 0.6) is 0 Å². The fraction of sp³-hybridized carbons (Fsp3) is 0.615. The lowest BCUT2D eigenvalue weighted by Gasteiger charge is -2.42. The highest BCUT2D eigenvalue weighted by atomic mass is 32.1. The molecule has 0 bridgehead atoms. The highest BCUT2D eigenvalue weighted by Gasteiger charge is 2.38. The van der Waals surface area contributed by atoms with Crippen molar-refractivity contribution in [3.63, 3.8) is 0 Å². The van der Waals surface area contributed by atoms with Crippen molar-refractivity contribution in [2.24, 2.45) is 0 Å². The number of aryl methyl sites for hydroxylation is 2. The van der Waals surface area contributed by atoms with E-state index in [0.29, 0.717) is 0 Å². The van der Waals surface area contributed by atoms with E-state index in [-0.39, 0.29) is 12.0 Å². The molecule has 0 radical (unpaired) electrons. The Morgan fingerprint density at radius 2 is 2.33 bits per heavy atom. The van der Waals surface area contributed by atoms with Gasteiger partial charge in [-0.2, -0.15) is 0 Å². The molecule has 0 unspecified atom stereocenters. The highest BCUT2D eigenvalue weighted by Crippen LogP contribution is 2.31. The molecule has 18 heavy (non-hydrogen) atoms. The summed E-state index contributed by atoms with van der Waals surface area (Å²) >= 11 is 1.89. The standard InChI is InChI=1S/C13H18N2O2S/c16-12(17)5-13(7-14-8-13)15-6-10-4-9-2-1-3-11(9)18-10/h4,14-15H,1-3,5-8H2,(H,16,17). The van der Waals surface area contributed by atoms with E-state index in [0.717, 1.165) is 19.6 Å². The van der Waals surface area contributed by atoms with E-state index in [1.807, 2.05) is 11.3 Å². The van der Waals surface area contributed by atoms with E-state index >= 15 is 0 Å². The summed E-state index contributed by atoms with van der Waals surface area (Å²) in [5, 5.41) is 15.5. The topological polar surface area (TPSA) is 61.4 Å². The van der Waals surface area contributed by atoms with E-state index in [2.05, 4.69) is 16.7 Å². The first-order valence-corrected chi connectivity index (χ1v) is 7.27. The number of aliphatic carboxylic acids is 1. The molecule has 1 aliphatic carbocycles. The van der Waals surface area contributed by atoms with Crippen LogP contribution >= 0.6 is 11.3 Å². The van der Waals surface area contributed by atoms with Crippen molar-refractivity contribution in [1.29, 1.82) is 0 Å². The number of hydrogen-bond donors (Lipinski definition) is 3. The van der Waals surface area contributed by atoms with Gasteiger partial charge in [-0.25, -0.2) is 0 Å². The SMILES string of the molecule is O=C(O)CC1(NCc2cc3c(s2)CCC3)CNC1. The molecule has 0 aromatic carbocycles. The van der Waals surface area contributed by atoms with Crippen LogP contribution in [0.1, 0.15) is 28.2 Å². The fourth-order valence-corrected chi connectivity index (χ4v) is 3.98. The molecular formula is C13H18N2O2S. The van der Waals surface area contributed by atoms with Crippen LogP contribution in [0.4, 0.5) is 0 Å². The molecule has 2 heterocycles. The second-order valence-electron chi connectivity index (χ2n) is 5.32. The normalized spacial score (nSPS) is 20.4. The number of rotatable bonds is 5. The van der Waals surface area contributed by atoms with Crippen LogP contribution in [-0.4, -0.2) is 29.7 Å². The molecule has 1 aromatic heterocycles. The Labute approximate surface area is 110 Å². The molecule has 98 valence electrons. The molecule has 5 heteroatoms. The maximum atomic E-state index is 10.9. The largest absolute Gasteiger partial charge is 0.481 e. The van der Waals surface area contributed by atoms with Crippen molar-refractivity contribution in [2.45, 2.75) is 37.8 Å². The molecule has 3 N–H and O–H groups in total. The van der Waals surface area contributed by atoms with Crippen molar-refractivity contribution < 1.29 is 9.90 Å². The number of nitrogens with one attached hydrogen (secondary N) is 2. The van der Waals surface area contributed by atoms with Crippen LogP contribution in [-0.2, 0) is 24.2 Å². The Morgan fingerprint density at radius 1 is 1.50 bits per heavy atom. The highest BCUT2D eigenvalue weighted by molar-refractivity contribution is 7.12. The fourth-order valence-electron chi connectivity index (χ4n) is 2.78. The van der Waals surface area contributed by atoms with E-state index < -0.39 is 5.97 Å². The van der Waals surface area contributed by atoms with Crippen molar-refractivity contribution in [3.05, 3.63) is 21.4 Å². The number of carbonyl (C=O) groups is 1. The lowest BCUT2D eigenvalue weighted by atomic mass is 9.88. The molecular weight excluding hydrogens is 248 g/mol. The molecule has 4 nitrogen and oxygen atoms in total. The maximum absolute atomic E-state index is 10.9. The van der Waals surface area contributed by atoms with E-state index in [1.165, 1.54) is 34.6 Å². The summed E-state index contributed by atoms with van der Waals surface area (Å²) in [6.45, 7) is 2.31. The van der Waals surface area contributed by atoms with E-state index in [1.54, 1.807) is 0 Å². The summed E-state index contributed by atoms with van der Waals surface area (Å²) in [5.74, 6) is -0.724. The summed E-state index contributed by atoms with van der Waals surface area (Å²) < 4.78 is 0. The average Bonchev–Trinajstić information content (AvgIpc) is 2.81. The van der Waals surface area contributed by atoms with Crippen molar-refractivity contribution in [2.75, 3.05) is 13.1 Å². The minimum Gasteiger partial charge on any atom is -0.481 e. The number of hydrogen-bond acceptors (Lipinski definition) is 4. The maximum Gasteiger partial charge on any atom is 0.305 e. The van der Waals surface area contributed by atoms with E-state index in [9.17, 15) is 4.79 Å². The Hall–Kier alpha value is -0.910. The Balaban J connectivity index is 1.61. The van der Waals surface area contributed by atoms with Crippen molar-refractivity contribution >= 4 is 17.3 Å². The first-order chi connectivity index (χ1) is 8.67. The lowest BCUT2D eigenvalue weighted by molar-refractivity contribution is -0.139. The van der Waals surface area contributed by atoms with E-state index in [4.69, 9.17) is 5.11 Å². The summed E-state index contributed by atoms with van der Waals surface area (Å²) in [7, 11) is 0. The summed E-state index contributed by atoms with van der Waals surface area (Å²) in [6, 6.07) is 2.29. The van der Waals surface area contributed by atoms with Crippen molar-refractivity contribution in [3.8, 4) is 0 Å². The summed E-state index contributed by atoms with van der Waals surface area (Å²) in [6.07, 6.45) is 3.93. The minimum absolute atomic E-state index is 0.199. The molecule has 0 saturated carbocycles. The van der Waals surface area contributed by atoms with Gasteiger partial charge in [0.2, 0.25) is 0 Å². The molecule has 0 amide bonds. The Bertz CT molecular complexity index is 444. The van der Waals surface area contributed by atoms with Gasteiger partial charge in [-0.15, -0.1) is 11.3 Å². The van der Waals surface area contributed by atoms with Gasteiger partial charge in [0.1, 0.15) is 0 Å². The number of carboxylic acid groups (broad SMARTS) is 1. The summed E-state index contributed by atoms with van der Waals surface area (Å²) in [5.41, 5.74) is 1.27. The molecule has 3 rings (SSSR count). The zero-order valence-electron chi connectivity index (χ0n) is 10.3. The van der Waals surface area contributed by atoms with Gasteiger partial charge in [-0.1, -0.05) is 0 Å².